The van der Waals surface area contributed by atoms with Gasteiger partial charge in [0, 0.05) is 24.1 Å². The molecule has 27 heavy (non-hydrogen) atoms. The normalized spacial score (nSPS) is 12.3. The monoisotopic (exact) mass is 374 g/mol. The van der Waals surface area contributed by atoms with Crippen LogP contribution in [0.5, 0.6) is 0 Å². The van der Waals surface area contributed by atoms with Crippen molar-refractivity contribution in [1.82, 2.24) is 15.8 Å². The maximum Gasteiger partial charge on any atom is 0.191 e. The standard InChI is InChI=1S/C21H31FN4O/c1-6-23-20(24-12-8-11-19-15(2)26-27-16(19)3)25-14-21(4,5)17-9-7-10-18(22)13-17/h7,9-10,13H,6,8,11-12,14H2,1-5H3,(H2,23,24,25). The zero-order chi connectivity index (χ0) is 19.9. The summed E-state index contributed by atoms with van der Waals surface area (Å²) in [5.74, 6) is 1.46. The van der Waals surface area contributed by atoms with Crippen LogP contribution in [0.15, 0.2) is 33.8 Å². The zero-order valence-corrected chi connectivity index (χ0v) is 17.0. The summed E-state index contributed by atoms with van der Waals surface area (Å²) in [6.07, 6.45) is 1.88. The van der Waals surface area contributed by atoms with Crippen molar-refractivity contribution in [3.8, 4) is 0 Å². The van der Waals surface area contributed by atoms with Crippen LogP contribution in [0.4, 0.5) is 4.39 Å². The van der Waals surface area contributed by atoms with Crippen LogP contribution in [0.25, 0.3) is 0 Å². The molecule has 0 unspecified atom stereocenters. The lowest BCUT2D eigenvalue weighted by molar-refractivity contribution is 0.392. The highest BCUT2D eigenvalue weighted by atomic mass is 19.1. The number of halogens is 1. The van der Waals surface area contributed by atoms with Gasteiger partial charge in [0.15, 0.2) is 5.96 Å². The Morgan fingerprint density at radius 3 is 2.67 bits per heavy atom. The zero-order valence-electron chi connectivity index (χ0n) is 17.0. The molecule has 2 N–H and O–H groups in total. The van der Waals surface area contributed by atoms with Gasteiger partial charge < -0.3 is 15.2 Å². The Balaban J connectivity index is 1.91. The summed E-state index contributed by atoms with van der Waals surface area (Å²) in [4.78, 5) is 4.70. The minimum absolute atomic E-state index is 0.214. The molecular formula is C21H31FN4O. The first-order valence-corrected chi connectivity index (χ1v) is 9.53. The highest BCUT2D eigenvalue weighted by Crippen LogP contribution is 2.24. The molecule has 0 saturated carbocycles. The summed E-state index contributed by atoms with van der Waals surface area (Å²) < 4.78 is 18.7. The maximum absolute atomic E-state index is 13.5. The van der Waals surface area contributed by atoms with E-state index in [1.165, 1.54) is 11.6 Å². The van der Waals surface area contributed by atoms with Crippen molar-refractivity contribution in [2.45, 2.75) is 52.9 Å². The van der Waals surface area contributed by atoms with Gasteiger partial charge in [0.2, 0.25) is 0 Å². The Kier molecular flexibility index (Phi) is 7.39. The first-order valence-electron chi connectivity index (χ1n) is 9.53. The van der Waals surface area contributed by atoms with E-state index in [9.17, 15) is 4.39 Å². The number of rotatable bonds is 8. The van der Waals surface area contributed by atoms with Gasteiger partial charge in [-0.25, -0.2) is 4.39 Å². The molecule has 2 aromatic rings. The topological polar surface area (TPSA) is 62.5 Å². The summed E-state index contributed by atoms with van der Waals surface area (Å²) in [5, 5.41) is 10.6. The van der Waals surface area contributed by atoms with E-state index in [-0.39, 0.29) is 11.2 Å². The molecule has 2 rings (SSSR count). The number of hydrogen-bond donors (Lipinski definition) is 2. The van der Waals surface area contributed by atoms with Crippen molar-refractivity contribution in [3.05, 3.63) is 52.7 Å². The van der Waals surface area contributed by atoms with E-state index in [0.717, 1.165) is 48.9 Å². The van der Waals surface area contributed by atoms with Crippen LogP contribution in [0.3, 0.4) is 0 Å². The molecule has 0 saturated heterocycles. The van der Waals surface area contributed by atoms with E-state index in [2.05, 4.69) is 29.6 Å². The van der Waals surface area contributed by atoms with E-state index in [0.29, 0.717) is 6.54 Å². The summed E-state index contributed by atoms with van der Waals surface area (Å²) in [6, 6.07) is 6.74. The smallest absolute Gasteiger partial charge is 0.191 e. The van der Waals surface area contributed by atoms with Gasteiger partial charge in [-0.15, -0.1) is 0 Å². The molecule has 1 heterocycles. The molecular weight excluding hydrogens is 343 g/mol. The molecule has 0 fully saturated rings. The summed E-state index contributed by atoms with van der Waals surface area (Å²) >= 11 is 0. The fourth-order valence-corrected chi connectivity index (χ4v) is 2.95. The van der Waals surface area contributed by atoms with Gasteiger partial charge >= 0.3 is 0 Å². The van der Waals surface area contributed by atoms with Crippen LogP contribution in [0.1, 0.15) is 49.8 Å². The minimum atomic E-state index is -0.249. The molecule has 0 radical (unpaired) electrons. The second-order valence-corrected chi connectivity index (χ2v) is 7.42. The number of aryl methyl sites for hydroxylation is 2. The van der Waals surface area contributed by atoms with E-state index in [1.54, 1.807) is 12.1 Å². The highest BCUT2D eigenvalue weighted by Gasteiger charge is 2.21. The van der Waals surface area contributed by atoms with Gasteiger partial charge in [-0.2, -0.15) is 0 Å². The lowest BCUT2D eigenvalue weighted by atomic mass is 9.85. The van der Waals surface area contributed by atoms with Crippen LogP contribution in [0.2, 0.25) is 0 Å². The first kappa shape index (κ1) is 20.9. The third-order valence-corrected chi connectivity index (χ3v) is 4.66. The molecule has 1 aromatic heterocycles. The average Bonchev–Trinajstić information content (AvgIpc) is 2.95. The molecule has 0 aliphatic heterocycles. The molecule has 0 aliphatic rings. The molecule has 0 bridgehead atoms. The minimum Gasteiger partial charge on any atom is -0.361 e. The van der Waals surface area contributed by atoms with Crippen molar-refractivity contribution in [2.75, 3.05) is 19.6 Å². The van der Waals surface area contributed by atoms with Crippen LogP contribution < -0.4 is 10.6 Å². The number of aliphatic imine (C=N–C) groups is 1. The highest BCUT2D eigenvalue weighted by molar-refractivity contribution is 5.79. The van der Waals surface area contributed by atoms with Crippen LogP contribution in [-0.4, -0.2) is 30.8 Å². The van der Waals surface area contributed by atoms with Crippen LogP contribution in [-0.2, 0) is 11.8 Å². The Hall–Kier alpha value is -2.37. The van der Waals surface area contributed by atoms with Crippen LogP contribution in [0, 0.1) is 19.7 Å². The lowest BCUT2D eigenvalue weighted by Gasteiger charge is -2.24. The summed E-state index contributed by atoms with van der Waals surface area (Å²) in [5.41, 5.74) is 2.85. The molecule has 6 heteroatoms. The van der Waals surface area contributed by atoms with E-state index in [1.807, 2.05) is 26.8 Å². The molecule has 0 amide bonds. The maximum atomic E-state index is 13.5. The summed E-state index contributed by atoms with van der Waals surface area (Å²) in [7, 11) is 0. The van der Waals surface area contributed by atoms with Gasteiger partial charge in [-0.3, -0.25) is 4.99 Å². The Bertz CT molecular complexity index is 748. The summed E-state index contributed by atoms with van der Waals surface area (Å²) in [6.45, 7) is 12.3. The van der Waals surface area contributed by atoms with Crippen molar-refractivity contribution >= 4 is 5.96 Å². The second-order valence-electron chi connectivity index (χ2n) is 7.42. The predicted octanol–water partition coefficient (Wildman–Crippen LogP) is 3.90. The average molecular weight is 375 g/mol. The molecule has 1 aromatic carbocycles. The van der Waals surface area contributed by atoms with Crippen molar-refractivity contribution in [1.29, 1.82) is 0 Å². The number of aromatic nitrogens is 1. The van der Waals surface area contributed by atoms with Crippen LogP contribution >= 0.6 is 0 Å². The Morgan fingerprint density at radius 1 is 1.26 bits per heavy atom. The van der Waals surface area contributed by atoms with E-state index < -0.39 is 0 Å². The number of benzene rings is 1. The second kappa shape index (κ2) is 9.53. The first-order chi connectivity index (χ1) is 12.8. The lowest BCUT2D eigenvalue weighted by Crippen LogP contribution is -2.39. The fourth-order valence-electron chi connectivity index (χ4n) is 2.95. The number of nitrogens with one attached hydrogen (secondary N) is 2. The van der Waals surface area contributed by atoms with Crippen molar-refractivity contribution in [3.63, 3.8) is 0 Å². The molecule has 5 nitrogen and oxygen atoms in total. The van der Waals surface area contributed by atoms with E-state index >= 15 is 0 Å². The number of hydrogen-bond acceptors (Lipinski definition) is 3. The molecule has 148 valence electrons. The van der Waals surface area contributed by atoms with E-state index in [4.69, 9.17) is 9.52 Å². The Morgan fingerprint density at radius 2 is 2.04 bits per heavy atom. The Labute approximate surface area is 161 Å². The SMILES string of the molecule is CCNC(=NCC(C)(C)c1cccc(F)c1)NCCCc1c(C)noc1C. The van der Waals surface area contributed by atoms with Crippen molar-refractivity contribution < 1.29 is 8.91 Å². The fraction of sp³-hybridized carbons (Fsp3) is 0.524. The molecule has 0 aliphatic carbocycles. The van der Waals surface area contributed by atoms with Gasteiger partial charge in [0.05, 0.1) is 12.2 Å². The number of guanidine groups is 1. The largest absolute Gasteiger partial charge is 0.361 e. The van der Waals surface area contributed by atoms with Gasteiger partial charge in [0.25, 0.3) is 0 Å². The van der Waals surface area contributed by atoms with Gasteiger partial charge in [0.1, 0.15) is 11.6 Å². The molecule has 0 spiro atoms. The molecule has 0 atom stereocenters. The third-order valence-electron chi connectivity index (χ3n) is 4.66. The predicted molar refractivity (Wildman–Crippen MR) is 108 cm³/mol. The number of nitrogens with zero attached hydrogens (tertiary/aromatic N) is 2. The third kappa shape index (κ3) is 6.08. The van der Waals surface area contributed by atoms with Gasteiger partial charge in [-0.05, 0) is 51.3 Å². The van der Waals surface area contributed by atoms with Gasteiger partial charge in [-0.1, -0.05) is 31.1 Å². The quantitative estimate of drug-likeness (QED) is 0.418. The van der Waals surface area contributed by atoms with Crippen molar-refractivity contribution in [2.24, 2.45) is 4.99 Å².